The summed E-state index contributed by atoms with van der Waals surface area (Å²) in [6.07, 6.45) is 4.00. The van der Waals surface area contributed by atoms with Crippen LogP contribution in [-0.2, 0) is 19.5 Å². The van der Waals surface area contributed by atoms with E-state index < -0.39 is 0 Å². The van der Waals surface area contributed by atoms with E-state index >= 15 is 0 Å². The standard InChI is InChI=1S/C9H19N.Cl2.Li.Zn.H/c1-8(2)6-5-7-9(3,4)10-8;1-2;;;/h10H,5-7H2,1-4H3;;;;. The molecule has 1 heterocycles. The minimum Gasteiger partial charge on any atom is 0 e. The molecule has 1 aliphatic heterocycles. The van der Waals surface area contributed by atoms with E-state index in [-0.39, 0.29) is 38.3 Å². The number of hydrogen-bond donors (Lipinski definition) is 1. The molecule has 0 aromatic heterocycles. The fourth-order valence-corrected chi connectivity index (χ4v) is 2.01. The molecule has 0 aromatic rings. The maximum atomic E-state index is 4.11. The molecule has 0 saturated carbocycles. The Bertz CT molecular complexity index is 129. The predicted molar refractivity (Wildman–Crippen MR) is 64.0 cm³/mol. The average Bonchev–Trinajstić information content (AvgIpc) is 1.86. The molecule has 0 aromatic carbocycles. The van der Waals surface area contributed by atoms with Gasteiger partial charge in [0.2, 0.25) is 0 Å². The Morgan fingerprint density at radius 2 is 1.21 bits per heavy atom. The second-order valence-corrected chi connectivity index (χ2v) is 4.75. The summed E-state index contributed by atoms with van der Waals surface area (Å²) in [7, 11) is 8.22. The molecule has 1 aliphatic rings. The molecule has 0 unspecified atom stereocenters. The third kappa shape index (κ3) is 9.02. The van der Waals surface area contributed by atoms with Crippen molar-refractivity contribution >= 4 is 40.6 Å². The van der Waals surface area contributed by atoms with Crippen LogP contribution in [0.3, 0.4) is 0 Å². The van der Waals surface area contributed by atoms with Crippen LogP contribution in [0.4, 0.5) is 0 Å². The number of halogens is 2. The van der Waals surface area contributed by atoms with Crippen LogP contribution in [-0.4, -0.2) is 29.9 Å². The Hall–Kier alpha value is 1.76. The van der Waals surface area contributed by atoms with Gasteiger partial charge in [-0.25, -0.2) is 0 Å². The number of piperidine rings is 1. The van der Waals surface area contributed by atoms with Crippen LogP contribution in [0.25, 0.3) is 0 Å². The average molecular weight is 286 g/mol. The van der Waals surface area contributed by atoms with Crippen LogP contribution < -0.4 is 5.32 Å². The molecule has 1 nitrogen and oxygen atoms in total. The van der Waals surface area contributed by atoms with E-state index in [1.54, 1.807) is 0 Å². The van der Waals surface area contributed by atoms with E-state index in [1.165, 1.54) is 19.3 Å². The largest absolute Gasteiger partial charge is 0 e. The van der Waals surface area contributed by atoms with E-state index in [9.17, 15) is 0 Å². The zero-order valence-corrected chi connectivity index (χ0v) is 13.6. The minimum absolute atomic E-state index is 0. The molecule has 78 valence electrons. The first kappa shape index (κ1) is 21.1. The minimum atomic E-state index is 0. The zero-order chi connectivity index (χ0) is 9.83. The van der Waals surface area contributed by atoms with E-state index in [0.717, 1.165) is 0 Å². The van der Waals surface area contributed by atoms with E-state index in [0.29, 0.717) is 11.1 Å². The Morgan fingerprint density at radius 3 is 1.36 bits per heavy atom. The van der Waals surface area contributed by atoms with E-state index in [2.05, 4.69) is 54.7 Å². The Morgan fingerprint density at radius 1 is 0.929 bits per heavy atom. The molecule has 14 heavy (non-hydrogen) atoms. The van der Waals surface area contributed by atoms with Crippen molar-refractivity contribution in [2.45, 2.75) is 58.0 Å². The fraction of sp³-hybridized carbons (Fsp3) is 1.00. The molecular formula is C9H20Cl2LiNZn. The van der Waals surface area contributed by atoms with Crippen LogP contribution in [0.5, 0.6) is 0 Å². The van der Waals surface area contributed by atoms with Gasteiger partial charge in [-0.2, -0.15) is 0 Å². The van der Waals surface area contributed by atoms with Crippen LogP contribution in [0.1, 0.15) is 47.0 Å². The molecule has 1 rings (SSSR count). The van der Waals surface area contributed by atoms with Gasteiger partial charge in [-0.3, -0.25) is 0 Å². The summed E-state index contributed by atoms with van der Waals surface area (Å²) < 4.78 is 0. The summed E-state index contributed by atoms with van der Waals surface area (Å²) in [5.41, 5.74) is 0.726. The van der Waals surface area contributed by atoms with Gasteiger partial charge in [0.05, 0.1) is 0 Å². The summed E-state index contributed by atoms with van der Waals surface area (Å²) in [4.78, 5) is 0. The van der Waals surface area contributed by atoms with Crippen molar-refractivity contribution in [2.24, 2.45) is 0 Å². The van der Waals surface area contributed by atoms with Gasteiger partial charge in [-0.1, -0.05) is 0 Å². The summed E-state index contributed by atoms with van der Waals surface area (Å²) in [6, 6.07) is 0. The Labute approximate surface area is 123 Å². The molecule has 0 bridgehead atoms. The molecular weight excluding hydrogens is 265 g/mol. The van der Waals surface area contributed by atoms with Crippen LogP contribution in [0.2, 0.25) is 0 Å². The molecule has 1 fully saturated rings. The summed E-state index contributed by atoms with van der Waals surface area (Å²) in [5, 5.41) is 3.63. The molecule has 1 N–H and O–H groups in total. The SMILES string of the molecule is CC1(C)CCCC(C)(C)N1.ClCl.[LiH].[Zn]. The fourth-order valence-electron chi connectivity index (χ4n) is 2.01. The van der Waals surface area contributed by atoms with Gasteiger partial charge in [0, 0.05) is 52.3 Å². The van der Waals surface area contributed by atoms with Gasteiger partial charge in [-0.05, 0) is 47.0 Å². The number of rotatable bonds is 0. The van der Waals surface area contributed by atoms with Gasteiger partial charge >= 0.3 is 18.9 Å². The van der Waals surface area contributed by atoms with Gasteiger partial charge in [-0.15, -0.1) is 0 Å². The first-order valence-corrected chi connectivity index (χ1v) is 5.49. The maximum Gasteiger partial charge on any atom is 0 e. The second kappa shape index (κ2) is 8.86. The van der Waals surface area contributed by atoms with Crippen molar-refractivity contribution in [2.75, 3.05) is 0 Å². The monoisotopic (exact) mass is 283 g/mol. The van der Waals surface area contributed by atoms with Crippen LogP contribution in [0.15, 0.2) is 0 Å². The topological polar surface area (TPSA) is 12.0 Å². The first-order chi connectivity index (χ1) is 5.41. The van der Waals surface area contributed by atoms with Gasteiger partial charge in [0.1, 0.15) is 0 Å². The van der Waals surface area contributed by atoms with Crippen molar-refractivity contribution in [3.63, 3.8) is 0 Å². The van der Waals surface area contributed by atoms with E-state index in [4.69, 9.17) is 0 Å². The molecule has 0 aliphatic carbocycles. The first-order valence-electron chi connectivity index (χ1n) is 4.35. The smallest absolute Gasteiger partial charge is 0 e. The van der Waals surface area contributed by atoms with Crippen molar-refractivity contribution in [1.82, 2.24) is 5.32 Å². The van der Waals surface area contributed by atoms with Crippen LogP contribution in [0, 0.1) is 0 Å². The van der Waals surface area contributed by atoms with Crippen LogP contribution >= 0.6 is 21.7 Å². The van der Waals surface area contributed by atoms with Gasteiger partial charge < -0.3 is 5.32 Å². The zero-order valence-electron chi connectivity index (χ0n) is 9.08. The molecule has 0 radical (unpaired) electrons. The number of hydrogen-bond acceptors (Lipinski definition) is 1. The third-order valence-electron chi connectivity index (χ3n) is 2.28. The quantitative estimate of drug-likeness (QED) is 0.675. The number of nitrogens with one attached hydrogen (secondary N) is 1. The molecule has 0 spiro atoms. The second-order valence-electron chi connectivity index (χ2n) is 4.75. The normalized spacial score (nSPS) is 21.9. The summed E-state index contributed by atoms with van der Waals surface area (Å²) in [6.45, 7) is 9.14. The molecule has 0 atom stereocenters. The third-order valence-corrected chi connectivity index (χ3v) is 2.28. The van der Waals surface area contributed by atoms with E-state index in [1.807, 2.05) is 0 Å². The van der Waals surface area contributed by atoms with Crippen molar-refractivity contribution in [1.29, 1.82) is 0 Å². The maximum absolute atomic E-state index is 4.11. The summed E-state index contributed by atoms with van der Waals surface area (Å²) in [5.74, 6) is 0. The Kier molecular flexibility index (Phi) is 13.3. The van der Waals surface area contributed by atoms with Gasteiger partial charge in [0.15, 0.2) is 0 Å². The molecule has 1 saturated heterocycles. The van der Waals surface area contributed by atoms with Crippen molar-refractivity contribution < 1.29 is 19.5 Å². The van der Waals surface area contributed by atoms with Gasteiger partial charge in [0.25, 0.3) is 0 Å². The Balaban J connectivity index is -0.000000284. The predicted octanol–water partition coefficient (Wildman–Crippen LogP) is 3.05. The van der Waals surface area contributed by atoms with Crippen molar-refractivity contribution in [3.05, 3.63) is 0 Å². The molecule has 0 amide bonds. The summed E-state index contributed by atoms with van der Waals surface area (Å²) >= 11 is 0. The molecule has 5 heteroatoms. The van der Waals surface area contributed by atoms with Crippen molar-refractivity contribution in [3.8, 4) is 0 Å².